The van der Waals surface area contributed by atoms with E-state index in [-0.39, 0.29) is 19.0 Å². The third kappa shape index (κ3) is 3.49. The lowest BCUT2D eigenvalue weighted by Gasteiger charge is -2.06. The van der Waals surface area contributed by atoms with Crippen LogP contribution in [0.4, 0.5) is 0 Å². The summed E-state index contributed by atoms with van der Waals surface area (Å²) < 4.78 is 10.6. The predicted molar refractivity (Wildman–Crippen MR) is 99.4 cm³/mol. The van der Waals surface area contributed by atoms with E-state index in [2.05, 4.69) is 17.3 Å². The Labute approximate surface area is 151 Å². The normalized spacial score (nSPS) is 10.8. The summed E-state index contributed by atoms with van der Waals surface area (Å²) in [6, 6.07) is 25.6. The van der Waals surface area contributed by atoms with E-state index in [4.69, 9.17) is 9.26 Å². The summed E-state index contributed by atoms with van der Waals surface area (Å²) in [6.45, 7) is 0.240. The van der Waals surface area contributed by atoms with Gasteiger partial charge in [0.15, 0.2) is 5.58 Å². The van der Waals surface area contributed by atoms with Crippen molar-refractivity contribution in [1.29, 1.82) is 0 Å². The molecule has 0 saturated heterocycles. The highest BCUT2D eigenvalue weighted by atomic mass is 16.5. The first-order valence-corrected chi connectivity index (χ1v) is 8.43. The summed E-state index contributed by atoms with van der Waals surface area (Å²) in [6.07, 6.45) is 0.0963. The van der Waals surface area contributed by atoms with Gasteiger partial charge >= 0.3 is 5.97 Å². The predicted octanol–water partition coefficient (Wildman–Crippen LogP) is 4.78. The number of rotatable bonds is 5. The molecule has 0 aliphatic rings. The molecule has 0 bridgehead atoms. The van der Waals surface area contributed by atoms with Gasteiger partial charge in [-0.15, -0.1) is 0 Å². The van der Waals surface area contributed by atoms with Crippen LogP contribution in [0.3, 0.4) is 0 Å². The lowest BCUT2D eigenvalue weighted by Crippen LogP contribution is -2.08. The van der Waals surface area contributed by atoms with Gasteiger partial charge in [-0.2, -0.15) is 0 Å². The van der Waals surface area contributed by atoms with Gasteiger partial charge in [-0.3, -0.25) is 4.79 Å². The maximum atomic E-state index is 12.1. The van der Waals surface area contributed by atoms with Gasteiger partial charge in [0.05, 0.1) is 6.42 Å². The number of aromatic nitrogens is 1. The monoisotopic (exact) mass is 343 g/mol. The fourth-order valence-corrected chi connectivity index (χ4v) is 2.84. The maximum absolute atomic E-state index is 12.1. The van der Waals surface area contributed by atoms with Crippen molar-refractivity contribution in [3.05, 3.63) is 90.1 Å². The van der Waals surface area contributed by atoms with Crippen molar-refractivity contribution in [2.45, 2.75) is 13.0 Å². The van der Waals surface area contributed by atoms with Crippen molar-refractivity contribution in [2.24, 2.45) is 0 Å². The molecular formula is C22H17NO3. The number of carbonyl (C=O) groups is 1. The van der Waals surface area contributed by atoms with Crippen molar-refractivity contribution in [2.75, 3.05) is 0 Å². The van der Waals surface area contributed by atoms with Crippen molar-refractivity contribution in [3.63, 3.8) is 0 Å². The van der Waals surface area contributed by atoms with E-state index in [9.17, 15) is 4.79 Å². The molecule has 0 saturated carbocycles. The summed E-state index contributed by atoms with van der Waals surface area (Å²) >= 11 is 0. The van der Waals surface area contributed by atoms with E-state index in [0.29, 0.717) is 11.3 Å². The quantitative estimate of drug-likeness (QED) is 0.489. The molecule has 26 heavy (non-hydrogen) atoms. The van der Waals surface area contributed by atoms with Crippen LogP contribution in [-0.4, -0.2) is 11.1 Å². The fraction of sp³-hybridized carbons (Fsp3) is 0.0909. The molecule has 4 rings (SSSR count). The summed E-state index contributed by atoms with van der Waals surface area (Å²) in [4.78, 5) is 12.1. The Morgan fingerprint density at radius 3 is 2.35 bits per heavy atom. The molecule has 0 aliphatic carbocycles. The number of ether oxygens (including phenoxy) is 1. The lowest BCUT2D eigenvalue weighted by molar-refractivity contribution is -0.144. The molecule has 0 unspecified atom stereocenters. The molecule has 0 atom stereocenters. The second-order valence-electron chi connectivity index (χ2n) is 6.03. The molecule has 3 aromatic carbocycles. The van der Waals surface area contributed by atoms with Gasteiger partial charge in [0.1, 0.15) is 12.3 Å². The topological polar surface area (TPSA) is 52.3 Å². The van der Waals surface area contributed by atoms with E-state index < -0.39 is 0 Å². The van der Waals surface area contributed by atoms with Crippen molar-refractivity contribution < 1.29 is 14.1 Å². The van der Waals surface area contributed by atoms with E-state index in [0.717, 1.165) is 22.1 Å². The molecule has 0 amide bonds. The summed E-state index contributed by atoms with van der Waals surface area (Å²) in [5, 5.41) is 4.80. The number of esters is 1. The van der Waals surface area contributed by atoms with E-state index >= 15 is 0 Å². The number of benzene rings is 3. The van der Waals surface area contributed by atoms with Crippen LogP contribution in [-0.2, 0) is 22.6 Å². The van der Waals surface area contributed by atoms with Crippen molar-refractivity contribution >= 4 is 16.9 Å². The van der Waals surface area contributed by atoms with Crippen molar-refractivity contribution in [3.8, 4) is 11.1 Å². The number of carbonyl (C=O) groups excluding carboxylic acids is 1. The first-order chi connectivity index (χ1) is 12.8. The minimum atomic E-state index is -0.323. The van der Waals surface area contributed by atoms with Gasteiger partial charge in [0.2, 0.25) is 0 Å². The SMILES string of the molecule is O=C(Cc1noc2ccccc12)OCc1ccc(-c2ccccc2)cc1. The first kappa shape index (κ1) is 16.1. The zero-order valence-electron chi connectivity index (χ0n) is 14.1. The van der Waals surface area contributed by atoms with Crippen LogP contribution in [0, 0.1) is 0 Å². The molecule has 0 spiro atoms. The first-order valence-electron chi connectivity index (χ1n) is 8.43. The van der Waals surface area contributed by atoms with Crippen LogP contribution in [0.5, 0.6) is 0 Å². The molecule has 4 heteroatoms. The van der Waals surface area contributed by atoms with E-state index in [1.54, 1.807) is 0 Å². The van der Waals surface area contributed by atoms with E-state index in [1.165, 1.54) is 0 Å². The molecule has 0 aliphatic heterocycles. The Balaban J connectivity index is 1.37. The Morgan fingerprint density at radius 1 is 0.846 bits per heavy atom. The van der Waals surface area contributed by atoms with Gasteiger partial charge in [0.25, 0.3) is 0 Å². The average molecular weight is 343 g/mol. The van der Waals surface area contributed by atoms with Crippen LogP contribution < -0.4 is 0 Å². The molecule has 1 aromatic heterocycles. The third-order valence-electron chi connectivity index (χ3n) is 4.22. The minimum Gasteiger partial charge on any atom is -0.461 e. The van der Waals surface area contributed by atoms with Gasteiger partial charge in [-0.1, -0.05) is 71.9 Å². The van der Waals surface area contributed by atoms with Crippen LogP contribution in [0.15, 0.2) is 83.4 Å². The molecule has 4 nitrogen and oxygen atoms in total. The number of hydrogen-bond donors (Lipinski definition) is 0. The highest BCUT2D eigenvalue weighted by Gasteiger charge is 2.13. The Hall–Kier alpha value is -3.40. The number of para-hydroxylation sites is 1. The maximum Gasteiger partial charge on any atom is 0.312 e. The van der Waals surface area contributed by atoms with Gasteiger partial charge in [-0.05, 0) is 28.8 Å². The summed E-state index contributed by atoms with van der Waals surface area (Å²) in [5.74, 6) is -0.323. The molecule has 0 radical (unpaired) electrons. The lowest BCUT2D eigenvalue weighted by atomic mass is 10.0. The number of fused-ring (bicyclic) bond motifs is 1. The van der Waals surface area contributed by atoms with Crippen LogP contribution in [0.1, 0.15) is 11.3 Å². The zero-order chi connectivity index (χ0) is 17.8. The zero-order valence-corrected chi connectivity index (χ0v) is 14.1. The molecule has 128 valence electrons. The largest absolute Gasteiger partial charge is 0.461 e. The summed E-state index contributed by atoms with van der Waals surface area (Å²) in [7, 11) is 0. The summed E-state index contributed by atoms with van der Waals surface area (Å²) in [5.41, 5.74) is 4.52. The Kier molecular flexibility index (Phi) is 4.48. The molecule has 1 heterocycles. The van der Waals surface area contributed by atoms with Crippen LogP contribution in [0.25, 0.3) is 22.1 Å². The molecular weight excluding hydrogens is 326 g/mol. The molecule has 0 N–H and O–H groups in total. The Bertz CT molecular complexity index is 1020. The fourth-order valence-electron chi connectivity index (χ4n) is 2.84. The van der Waals surface area contributed by atoms with Crippen LogP contribution in [0.2, 0.25) is 0 Å². The number of nitrogens with zero attached hydrogens (tertiary/aromatic N) is 1. The number of hydrogen-bond acceptors (Lipinski definition) is 4. The average Bonchev–Trinajstić information content (AvgIpc) is 3.10. The highest BCUT2D eigenvalue weighted by molar-refractivity contribution is 5.84. The molecule has 4 aromatic rings. The minimum absolute atomic E-state index is 0.0963. The second-order valence-corrected chi connectivity index (χ2v) is 6.03. The van der Waals surface area contributed by atoms with Gasteiger partial charge < -0.3 is 9.26 Å². The van der Waals surface area contributed by atoms with Crippen molar-refractivity contribution in [1.82, 2.24) is 5.16 Å². The molecule has 0 fully saturated rings. The smallest absolute Gasteiger partial charge is 0.312 e. The van der Waals surface area contributed by atoms with E-state index in [1.807, 2.05) is 66.7 Å². The Morgan fingerprint density at radius 2 is 1.54 bits per heavy atom. The van der Waals surface area contributed by atoms with Gasteiger partial charge in [0, 0.05) is 5.39 Å². The standard InChI is InChI=1S/C22H17NO3/c24-22(14-20-19-8-4-5-9-21(19)26-23-20)25-15-16-10-12-18(13-11-16)17-6-2-1-3-7-17/h1-13H,14-15H2. The highest BCUT2D eigenvalue weighted by Crippen LogP contribution is 2.20. The third-order valence-corrected chi connectivity index (χ3v) is 4.22. The second kappa shape index (κ2) is 7.23. The van der Waals surface area contributed by atoms with Gasteiger partial charge in [-0.25, -0.2) is 0 Å². The van der Waals surface area contributed by atoms with Crippen LogP contribution >= 0.6 is 0 Å².